The lowest BCUT2D eigenvalue weighted by Crippen LogP contribution is -2.50. The van der Waals surface area contributed by atoms with Gasteiger partial charge in [0.05, 0.1) is 7.11 Å². The Morgan fingerprint density at radius 1 is 1.12 bits per heavy atom. The Balaban J connectivity index is 1.50. The van der Waals surface area contributed by atoms with E-state index >= 15 is 0 Å². The van der Waals surface area contributed by atoms with Crippen molar-refractivity contribution in [3.8, 4) is 17.2 Å². The van der Waals surface area contributed by atoms with Crippen LogP contribution in [0.25, 0.3) is 6.08 Å². The number of amides is 2. The van der Waals surface area contributed by atoms with Crippen LogP contribution in [0.15, 0.2) is 54.6 Å². The molecule has 2 N–H and O–H groups in total. The molecule has 0 saturated heterocycles. The largest absolute Gasteiger partial charge is 0.497 e. The van der Waals surface area contributed by atoms with Gasteiger partial charge < -0.3 is 14.2 Å². The zero-order valence-corrected chi connectivity index (χ0v) is 14.1. The van der Waals surface area contributed by atoms with E-state index in [0.717, 1.165) is 5.56 Å². The predicted octanol–water partition coefficient (Wildman–Crippen LogP) is 1.70. The summed E-state index contributed by atoms with van der Waals surface area (Å²) in [7, 11) is 1.57. The second-order valence-electron chi connectivity index (χ2n) is 5.45. The van der Waals surface area contributed by atoms with E-state index in [1.165, 1.54) is 6.08 Å². The van der Waals surface area contributed by atoms with Crippen molar-refractivity contribution in [2.45, 2.75) is 6.10 Å². The Labute approximate surface area is 150 Å². The van der Waals surface area contributed by atoms with Gasteiger partial charge in [-0.25, -0.2) is 0 Å². The third-order valence-corrected chi connectivity index (χ3v) is 3.63. The zero-order chi connectivity index (χ0) is 18.4. The number of hydrogen-bond donors (Lipinski definition) is 2. The number of fused-ring (bicyclic) bond motifs is 1. The van der Waals surface area contributed by atoms with Gasteiger partial charge in [-0.1, -0.05) is 24.3 Å². The molecular weight excluding hydrogens is 336 g/mol. The first-order valence-corrected chi connectivity index (χ1v) is 7.96. The van der Waals surface area contributed by atoms with Gasteiger partial charge in [-0.3, -0.25) is 20.4 Å². The lowest BCUT2D eigenvalue weighted by Gasteiger charge is -2.25. The van der Waals surface area contributed by atoms with Crippen LogP contribution in [0.4, 0.5) is 0 Å². The standard InChI is InChI=1S/C19H18N2O5/c1-24-14-6-4-5-13(11-14)9-10-18(22)20-21-19(23)17-12-25-15-7-2-3-8-16(15)26-17/h2-11,17H,12H2,1H3,(H,20,22)(H,21,23)/b10-9+. The van der Waals surface area contributed by atoms with Crippen molar-refractivity contribution in [1.29, 1.82) is 0 Å². The summed E-state index contributed by atoms with van der Waals surface area (Å²) in [5, 5.41) is 0. The summed E-state index contributed by atoms with van der Waals surface area (Å²) in [5.74, 6) is 0.793. The van der Waals surface area contributed by atoms with Crippen molar-refractivity contribution in [2.75, 3.05) is 13.7 Å². The minimum Gasteiger partial charge on any atom is -0.497 e. The molecule has 7 heteroatoms. The number of rotatable bonds is 4. The summed E-state index contributed by atoms with van der Waals surface area (Å²) in [6.07, 6.45) is 2.08. The molecule has 2 amide bonds. The first kappa shape index (κ1) is 17.3. The smallest absolute Gasteiger partial charge is 0.283 e. The van der Waals surface area contributed by atoms with E-state index in [2.05, 4.69) is 10.9 Å². The van der Waals surface area contributed by atoms with Crippen molar-refractivity contribution >= 4 is 17.9 Å². The maximum atomic E-state index is 12.1. The molecule has 1 unspecified atom stereocenters. The fourth-order valence-corrected chi connectivity index (χ4v) is 2.31. The number of carbonyl (C=O) groups excluding carboxylic acids is 2. The number of ether oxygens (including phenoxy) is 3. The van der Waals surface area contributed by atoms with E-state index in [-0.39, 0.29) is 6.61 Å². The number of nitrogens with one attached hydrogen (secondary N) is 2. The average Bonchev–Trinajstić information content (AvgIpc) is 2.70. The zero-order valence-electron chi connectivity index (χ0n) is 14.1. The molecule has 0 radical (unpaired) electrons. The second kappa shape index (κ2) is 8.06. The molecule has 134 valence electrons. The normalized spacial score (nSPS) is 15.3. The Morgan fingerprint density at radius 2 is 1.92 bits per heavy atom. The summed E-state index contributed by atoms with van der Waals surface area (Å²) < 4.78 is 16.1. The Bertz CT molecular complexity index is 834. The Morgan fingerprint density at radius 3 is 2.73 bits per heavy atom. The molecule has 0 saturated carbocycles. The van der Waals surface area contributed by atoms with Gasteiger partial charge in [-0.15, -0.1) is 0 Å². The van der Waals surface area contributed by atoms with Crippen LogP contribution in [-0.2, 0) is 9.59 Å². The van der Waals surface area contributed by atoms with Gasteiger partial charge >= 0.3 is 0 Å². The number of hydrogen-bond acceptors (Lipinski definition) is 5. The minimum atomic E-state index is -0.840. The molecular formula is C19H18N2O5. The molecule has 0 aliphatic carbocycles. The lowest BCUT2D eigenvalue weighted by molar-refractivity contribution is -0.134. The quantitative estimate of drug-likeness (QED) is 0.645. The highest BCUT2D eigenvalue weighted by molar-refractivity contribution is 5.93. The number of methoxy groups -OCH3 is 1. The molecule has 1 aliphatic rings. The van der Waals surface area contributed by atoms with E-state index < -0.39 is 17.9 Å². The number of carbonyl (C=O) groups is 2. The van der Waals surface area contributed by atoms with Crippen LogP contribution >= 0.6 is 0 Å². The predicted molar refractivity (Wildman–Crippen MR) is 94.7 cm³/mol. The van der Waals surface area contributed by atoms with Gasteiger partial charge in [-0.05, 0) is 35.9 Å². The molecule has 0 aromatic heterocycles. The van der Waals surface area contributed by atoms with Crippen LogP contribution in [0.2, 0.25) is 0 Å². The molecule has 0 fully saturated rings. The van der Waals surface area contributed by atoms with E-state index in [1.807, 2.05) is 24.3 Å². The van der Waals surface area contributed by atoms with E-state index in [1.54, 1.807) is 37.5 Å². The molecule has 2 aromatic rings. The van der Waals surface area contributed by atoms with Crippen LogP contribution < -0.4 is 25.1 Å². The van der Waals surface area contributed by atoms with Crippen molar-refractivity contribution in [3.63, 3.8) is 0 Å². The minimum absolute atomic E-state index is 0.0678. The molecule has 3 rings (SSSR count). The molecule has 26 heavy (non-hydrogen) atoms. The maximum Gasteiger partial charge on any atom is 0.283 e. The molecule has 2 aromatic carbocycles. The Kier molecular flexibility index (Phi) is 5.38. The van der Waals surface area contributed by atoms with E-state index in [0.29, 0.717) is 17.2 Å². The third kappa shape index (κ3) is 4.32. The molecule has 1 aliphatic heterocycles. The Hall–Kier alpha value is -3.48. The van der Waals surface area contributed by atoms with Gasteiger partial charge in [0.1, 0.15) is 12.4 Å². The van der Waals surface area contributed by atoms with Crippen LogP contribution in [0.3, 0.4) is 0 Å². The highest BCUT2D eigenvalue weighted by atomic mass is 16.6. The molecule has 1 heterocycles. The van der Waals surface area contributed by atoms with Crippen molar-refractivity contribution in [2.24, 2.45) is 0 Å². The summed E-state index contributed by atoms with van der Waals surface area (Å²) in [5.41, 5.74) is 5.43. The van der Waals surface area contributed by atoms with Crippen LogP contribution in [0, 0.1) is 0 Å². The number of benzene rings is 2. The first-order valence-electron chi connectivity index (χ1n) is 7.96. The van der Waals surface area contributed by atoms with Crippen molar-refractivity contribution in [3.05, 3.63) is 60.2 Å². The van der Waals surface area contributed by atoms with E-state index in [4.69, 9.17) is 14.2 Å². The monoisotopic (exact) mass is 354 g/mol. The lowest BCUT2D eigenvalue weighted by atomic mass is 10.2. The van der Waals surface area contributed by atoms with Crippen LogP contribution in [0.5, 0.6) is 17.2 Å². The fourth-order valence-electron chi connectivity index (χ4n) is 2.31. The van der Waals surface area contributed by atoms with Crippen LogP contribution in [0.1, 0.15) is 5.56 Å². The highest BCUT2D eigenvalue weighted by Crippen LogP contribution is 2.30. The third-order valence-electron chi connectivity index (χ3n) is 3.63. The average molecular weight is 354 g/mol. The number of hydrazine groups is 1. The van der Waals surface area contributed by atoms with E-state index in [9.17, 15) is 9.59 Å². The fraction of sp³-hybridized carbons (Fsp3) is 0.158. The second-order valence-corrected chi connectivity index (χ2v) is 5.45. The van der Waals surface area contributed by atoms with Crippen molar-refractivity contribution in [1.82, 2.24) is 10.9 Å². The number of para-hydroxylation sites is 2. The van der Waals surface area contributed by atoms with Gasteiger partial charge in [-0.2, -0.15) is 0 Å². The van der Waals surface area contributed by atoms with Gasteiger partial charge in [0.15, 0.2) is 11.5 Å². The molecule has 0 spiro atoms. The highest BCUT2D eigenvalue weighted by Gasteiger charge is 2.27. The SMILES string of the molecule is COc1cccc(/C=C/C(=O)NNC(=O)C2COc3ccccc3O2)c1. The maximum absolute atomic E-state index is 12.1. The summed E-state index contributed by atoms with van der Waals surface area (Å²) in [6.45, 7) is 0.0678. The summed E-state index contributed by atoms with van der Waals surface area (Å²) in [4.78, 5) is 23.9. The van der Waals surface area contributed by atoms with Crippen LogP contribution in [-0.4, -0.2) is 31.6 Å². The van der Waals surface area contributed by atoms with Gasteiger partial charge in [0, 0.05) is 6.08 Å². The topological polar surface area (TPSA) is 85.9 Å². The van der Waals surface area contributed by atoms with Gasteiger partial charge in [0.25, 0.3) is 11.8 Å². The van der Waals surface area contributed by atoms with Crippen molar-refractivity contribution < 1.29 is 23.8 Å². The van der Waals surface area contributed by atoms with Gasteiger partial charge in [0.2, 0.25) is 6.10 Å². The summed E-state index contributed by atoms with van der Waals surface area (Å²) >= 11 is 0. The molecule has 7 nitrogen and oxygen atoms in total. The summed E-state index contributed by atoms with van der Waals surface area (Å²) in [6, 6.07) is 14.3. The molecule has 1 atom stereocenters. The first-order chi connectivity index (χ1) is 12.7. The molecule has 0 bridgehead atoms.